The second-order valence-electron chi connectivity index (χ2n) is 10.3. The molecule has 13 nitrogen and oxygen atoms in total. The Balaban J connectivity index is 1.81. The van der Waals surface area contributed by atoms with Crippen molar-refractivity contribution in [2.24, 2.45) is 11.5 Å². The smallest absolute Gasteiger partial charge is 0.326 e. The summed E-state index contributed by atoms with van der Waals surface area (Å²) in [7, 11) is 0. The summed E-state index contributed by atoms with van der Waals surface area (Å²) in [5.74, 6) is -3.15. The van der Waals surface area contributed by atoms with Crippen molar-refractivity contribution in [1.82, 2.24) is 25.9 Å². The van der Waals surface area contributed by atoms with Crippen molar-refractivity contribution in [3.8, 4) is 5.75 Å². The van der Waals surface area contributed by atoms with E-state index < -0.39 is 47.9 Å². The van der Waals surface area contributed by atoms with Gasteiger partial charge in [0.15, 0.2) is 0 Å². The molecule has 0 aliphatic heterocycles. The molecule has 0 bridgehead atoms. The normalized spacial score (nSPS) is 13.7. The fourth-order valence-electron chi connectivity index (χ4n) is 4.42. The number of carbonyl (C=O) groups is 4. The van der Waals surface area contributed by atoms with Crippen LogP contribution in [0.25, 0.3) is 0 Å². The van der Waals surface area contributed by atoms with Crippen LogP contribution in [0, 0.1) is 0 Å². The number of aromatic hydroxyl groups is 1. The molecule has 3 aromatic rings. The van der Waals surface area contributed by atoms with Crippen LogP contribution in [0.1, 0.15) is 36.1 Å². The number of imidazole rings is 1. The van der Waals surface area contributed by atoms with Crippen molar-refractivity contribution in [2.45, 2.75) is 62.7 Å². The summed E-state index contributed by atoms with van der Waals surface area (Å²) in [5, 5.41) is 27.4. The number of nitrogens with one attached hydrogen (secondary N) is 4. The summed E-state index contributed by atoms with van der Waals surface area (Å²) in [6.45, 7) is 0.470. The minimum Gasteiger partial charge on any atom is -0.508 e. The number of carboxylic acid groups (broad SMARTS) is 1. The third-order valence-corrected chi connectivity index (χ3v) is 6.82. The van der Waals surface area contributed by atoms with Crippen molar-refractivity contribution in [2.75, 3.05) is 6.54 Å². The second-order valence-corrected chi connectivity index (χ2v) is 10.3. The number of carboxylic acids is 1. The molecular weight excluding hydrogens is 554 g/mol. The highest BCUT2D eigenvalue weighted by atomic mass is 16.4. The van der Waals surface area contributed by atoms with E-state index in [0.29, 0.717) is 42.6 Å². The molecule has 0 aliphatic rings. The summed E-state index contributed by atoms with van der Waals surface area (Å²) in [4.78, 5) is 58.9. The van der Waals surface area contributed by atoms with Gasteiger partial charge in [-0.15, -0.1) is 0 Å². The van der Waals surface area contributed by atoms with Gasteiger partial charge in [0.05, 0.1) is 12.4 Å². The standard InChI is InChI=1S/C30H39N7O6/c31-13-5-4-8-23(32)27(39)35-25(16-21-17-33-18-34-21)29(41)36-24(14-20-9-11-22(38)12-10-20)28(40)37-26(30(42)43)15-19-6-2-1-3-7-19/h1-3,6-7,9-12,17-18,23-26,38H,4-5,8,13-16,31-32H2,(H,33,34)(H,35,39)(H,36,41)(H,37,40)(H,42,43). The third kappa shape index (κ3) is 10.9. The van der Waals surface area contributed by atoms with E-state index in [0.717, 1.165) is 0 Å². The number of hydrogen-bond donors (Lipinski definition) is 8. The molecule has 3 rings (SSSR count). The molecule has 0 radical (unpaired) electrons. The number of nitrogens with zero attached hydrogens (tertiary/aromatic N) is 1. The Bertz CT molecular complexity index is 1320. The summed E-state index contributed by atoms with van der Waals surface area (Å²) in [5.41, 5.74) is 13.4. The molecule has 1 aromatic heterocycles. The average molecular weight is 594 g/mol. The third-order valence-electron chi connectivity index (χ3n) is 6.82. The van der Waals surface area contributed by atoms with Crippen molar-refractivity contribution >= 4 is 23.7 Å². The molecule has 1 heterocycles. The molecule has 3 amide bonds. The lowest BCUT2D eigenvalue weighted by Gasteiger charge is -2.25. The number of unbranched alkanes of at least 4 members (excludes halogenated alkanes) is 1. The molecule has 0 aliphatic carbocycles. The second kappa shape index (κ2) is 16.6. The number of amides is 3. The van der Waals surface area contributed by atoms with Gasteiger partial charge in [-0.3, -0.25) is 14.4 Å². The number of phenolic OH excluding ortho intramolecular Hbond substituents is 1. The van der Waals surface area contributed by atoms with Gasteiger partial charge in [0.1, 0.15) is 23.9 Å². The molecule has 230 valence electrons. The molecule has 0 spiro atoms. The Morgan fingerprint density at radius 2 is 1.37 bits per heavy atom. The topological polar surface area (TPSA) is 226 Å². The van der Waals surface area contributed by atoms with Crippen LogP contribution in [-0.2, 0) is 38.4 Å². The Morgan fingerprint density at radius 1 is 0.791 bits per heavy atom. The minimum atomic E-state index is -1.26. The fraction of sp³-hybridized carbons (Fsp3) is 0.367. The van der Waals surface area contributed by atoms with E-state index >= 15 is 0 Å². The number of benzene rings is 2. The number of carbonyl (C=O) groups excluding carboxylic acids is 3. The maximum atomic E-state index is 13.6. The van der Waals surface area contributed by atoms with Gasteiger partial charge in [-0.2, -0.15) is 0 Å². The quantitative estimate of drug-likeness (QED) is 0.0995. The number of H-pyrrole nitrogens is 1. The van der Waals surface area contributed by atoms with Gasteiger partial charge in [0.2, 0.25) is 17.7 Å². The largest absolute Gasteiger partial charge is 0.508 e. The van der Waals surface area contributed by atoms with Crippen LogP contribution < -0.4 is 27.4 Å². The number of hydrogen-bond acceptors (Lipinski definition) is 8. The molecule has 2 aromatic carbocycles. The molecule has 0 saturated heterocycles. The van der Waals surface area contributed by atoms with Crippen LogP contribution in [0.5, 0.6) is 5.75 Å². The monoisotopic (exact) mass is 593 g/mol. The Kier molecular flexibility index (Phi) is 12.7. The van der Waals surface area contributed by atoms with Crippen LogP contribution in [-0.4, -0.2) is 74.6 Å². The van der Waals surface area contributed by atoms with E-state index in [1.807, 2.05) is 0 Å². The highest BCUT2D eigenvalue weighted by Gasteiger charge is 2.31. The highest BCUT2D eigenvalue weighted by Crippen LogP contribution is 2.13. The summed E-state index contributed by atoms with van der Waals surface area (Å²) in [6.07, 6.45) is 4.72. The first-order chi connectivity index (χ1) is 20.7. The predicted octanol–water partition coefficient (Wildman–Crippen LogP) is 0.139. The van der Waals surface area contributed by atoms with Crippen molar-refractivity contribution in [1.29, 1.82) is 0 Å². The zero-order chi connectivity index (χ0) is 31.2. The van der Waals surface area contributed by atoms with Gasteiger partial charge in [0.25, 0.3) is 0 Å². The summed E-state index contributed by atoms with van der Waals surface area (Å²) >= 11 is 0. The van der Waals surface area contributed by atoms with E-state index in [-0.39, 0.29) is 25.0 Å². The first kappa shape index (κ1) is 32.8. The lowest BCUT2D eigenvalue weighted by atomic mass is 10.0. The first-order valence-electron chi connectivity index (χ1n) is 14.0. The van der Waals surface area contributed by atoms with Crippen molar-refractivity contribution in [3.63, 3.8) is 0 Å². The average Bonchev–Trinajstić information content (AvgIpc) is 3.51. The van der Waals surface area contributed by atoms with Crippen LogP contribution in [0.15, 0.2) is 67.1 Å². The molecule has 10 N–H and O–H groups in total. The van der Waals surface area contributed by atoms with Crippen LogP contribution in [0.3, 0.4) is 0 Å². The minimum absolute atomic E-state index is 0.0150. The van der Waals surface area contributed by atoms with Gasteiger partial charge in [-0.25, -0.2) is 9.78 Å². The number of nitrogens with two attached hydrogens (primary N) is 2. The molecular formula is C30H39N7O6. The van der Waals surface area contributed by atoms with E-state index in [1.165, 1.54) is 24.7 Å². The maximum Gasteiger partial charge on any atom is 0.326 e. The highest BCUT2D eigenvalue weighted by molar-refractivity contribution is 5.94. The molecule has 4 atom stereocenters. The molecule has 0 saturated carbocycles. The Hall–Kier alpha value is -4.75. The van der Waals surface area contributed by atoms with Crippen LogP contribution >= 0.6 is 0 Å². The number of rotatable bonds is 17. The van der Waals surface area contributed by atoms with E-state index in [2.05, 4.69) is 25.9 Å². The van der Waals surface area contributed by atoms with E-state index in [9.17, 15) is 29.4 Å². The van der Waals surface area contributed by atoms with Crippen molar-refractivity contribution < 1.29 is 29.4 Å². The van der Waals surface area contributed by atoms with Crippen LogP contribution in [0.4, 0.5) is 0 Å². The van der Waals surface area contributed by atoms with Gasteiger partial charge in [-0.1, -0.05) is 48.9 Å². The Labute approximate surface area is 249 Å². The first-order valence-corrected chi connectivity index (χ1v) is 14.0. The summed E-state index contributed by atoms with van der Waals surface area (Å²) in [6, 6.07) is 10.4. The number of aromatic amines is 1. The van der Waals surface area contributed by atoms with E-state index in [4.69, 9.17) is 11.5 Å². The zero-order valence-electron chi connectivity index (χ0n) is 23.7. The van der Waals surface area contributed by atoms with E-state index in [1.54, 1.807) is 42.5 Å². The number of phenols is 1. The van der Waals surface area contributed by atoms with Gasteiger partial charge >= 0.3 is 5.97 Å². The maximum absolute atomic E-state index is 13.6. The number of aromatic nitrogens is 2. The molecule has 0 fully saturated rings. The lowest BCUT2D eigenvalue weighted by Crippen LogP contribution is -2.58. The van der Waals surface area contributed by atoms with Crippen molar-refractivity contribution in [3.05, 3.63) is 83.9 Å². The molecule has 43 heavy (non-hydrogen) atoms. The van der Waals surface area contributed by atoms with Gasteiger partial charge in [0, 0.05) is 31.2 Å². The lowest BCUT2D eigenvalue weighted by molar-refractivity contribution is -0.142. The van der Waals surface area contributed by atoms with Gasteiger partial charge < -0.3 is 42.6 Å². The van der Waals surface area contributed by atoms with Gasteiger partial charge in [-0.05, 0) is 42.6 Å². The zero-order valence-corrected chi connectivity index (χ0v) is 23.7. The fourth-order valence-corrected chi connectivity index (χ4v) is 4.42. The number of aliphatic carboxylic acids is 1. The summed E-state index contributed by atoms with van der Waals surface area (Å²) < 4.78 is 0. The van der Waals surface area contributed by atoms with Crippen LogP contribution in [0.2, 0.25) is 0 Å². The Morgan fingerprint density at radius 3 is 1.98 bits per heavy atom. The SMILES string of the molecule is NCCCCC(N)C(=O)NC(Cc1cnc[nH]1)C(=O)NC(Cc1ccc(O)cc1)C(=O)NC(Cc1ccccc1)C(=O)O. The molecule has 4 unspecified atom stereocenters. The molecule has 13 heteroatoms. The predicted molar refractivity (Wildman–Crippen MR) is 159 cm³/mol.